The first kappa shape index (κ1) is 16.3. The Labute approximate surface area is 141 Å². The molecule has 1 aromatic carbocycles. The van der Waals surface area contributed by atoms with Gasteiger partial charge in [-0.05, 0) is 25.7 Å². The summed E-state index contributed by atoms with van der Waals surface area (Å²) in [4.78, 5) is 4.73. The number of nitrogens with zero attached hydrogens (tertiary/aromatic N) is 2. The van der Waals surface area contributed by atoms with Crippen molar-refractivity contribution in [2.45, 2.75) is 32.2 Å². The summed E-state index contributed by atoms with van der Waals surface area (Å²) in [6, 6.07) is 10.2. The topological polar surface area (TPSA) is 47.3 Å². The largest absolute Gasteiger partial charge is 0.394 e. The number of aliphatic hydroxyl groups is 1. The molecule has 0 fully saturated rings. The zero-order valence-electron chi connectivity index (χ0n) is 13.2. The molecule has 0 spiro atoms. The normalized spacial score (nSPS) is 13.3. The molecule has 0 unspecified atom stereocenters. The lowest BCUT2D eigenvalue weighted by atomic mass is 10.1. The van der Waals surface area contributed by atoms with E-state index >= 15 is 0 Å². The molecule has 122 valence electrons. The van der Waals surface area contributed by atoms with E-state index in [-0.39, 0.29) is 6.61 Å². The third-order valence-electron chi connectivity index (χ3n) is 4.17. The van der Waals surface area contributed by atoms with Gasteiger partial charge in [0.2, 0.25) is 0 Å². The Hall–Kier alpha value is -1.56. The lowest BCUT2D eigenvalue weighted by Gasteiger charge is -2.18. The summed E-state index contributed by atoms with van der Waals surface area (Å²) in [5, 5.41) is 8.78. The molecular weight excluding hydrogens is 308 g/mol. The van der Waals surface area contributed by atoms with Gasteiger partial charge in [-0.3, -0.25) is 0 Å². The molecule has 0 saturated carbocycles. The monoisotopic (exact) mass is 330 g/mol. The molecule has 1 aliphatic rings. The van der Waals surface area contributed by atoms with Gasteiger partial charge in [0.15, 0.2) is 0 Å². The summed E-state index contributed by atoms with van der Waals surface area (Å²) in [6.07, 6.45) is 4.16. The van der Waals surface area contributed by atoms with E-state index in [1.165, 1.54) is 11.3 Å². The molecule has 1 aromatic heterocycles. The summed E-state index contributed by atoms with van der Waals surface area (Å²) in [6.45, 7) is 1.98. The van der Waals surface area contributed by atoms with E-state index in [1.807, 2.05) is 18.2 Å². The number of aromatic nitrogens is 2. The minimum absolute atomic E-state index is 0.0734. The molecule has 3 rings (SSSR count). The molecule has 0 atom stereocenters. The average Bonchev–Trinajstić information content (AvgIpc) is 3.07. The van der Waals surface area contributed by atoms with Crippen LogP contribution in [0.4, 0.5) is 0 Å². The maximum absolute atomic E-state index is 8.78. The van der Waals surface area contributed by atoms with Crippen LogP contribution in [-0.2, 0) is 24.1 Å². The molecule has 2 aromatic rings. The number of rotatable bonds is 7. The molecule has 0 radical (unpaired) electrons. The first-order valence-corrected chi connectivity index (χ1v) is 8.58. The fourth-order valence-electron chi connectivity index (χ4n) is 3.15. The Morgan fingerprint density at radius 1 is 1.17 bits per heavy atom. The SMILES string of the molecule is OCCOCCCn1c(-c2ccccc2)nc(=S)c2c1CCC2. The minimum atomic E-state index is 0.0734. The summed E-state index contributed by atoms with van der Waals surface area (Å²) in [7, 11) is 0. The second-order valence-corrected chi connectivity index (χ2v) is 6.11. The molecule has 0 bridgehead atoms. The van der Waals surface area contributed by atoms with Crippen molar-refractivity contribution >= 4 is 12.2 Å². The third-order valence-corrected chi connectivity index (χ3v) is 4.51. The average molecular weight is 330 g/mol. The predicted octanol–water partition coefficient (Wildman–Crippen LogP) is 3.17. The van der Waals surface area contributed by atoms with E-state index in [1.54, 1.807) is 0 Å². The highest BCUT2D eigenvalue weighted by Crippen LogP contribution is 2.28. The highest BCUT2D eigenvalue weighted by Gasteiger charge is 2.20. The van der Waals surface area contributed by atoms with Crippen LogP contribution in [0.15, 0.2) is 30.3 Å². The van der Waals surface area contributed by atoms with Crippen molar-refractivity contribution in [2.24, 2.45) is 0 Å². The molecule has 0 saturated heterocycles. The molecule has 0 amide bonds. The molecule has 5 heteroatoms. The Morgan fingerprint density at radius 2 is 2.00 bits per heavy atom. The van der Waals surface area contributed by atoms with Gasteiger partial charge < -0.3 is 14.4 Å². The number of aliphatic hydroxyl groups excluding tert-OH is 1. The zero-order chi connectivity index (χ0) is 16.1. The van der Waals surface area contributed by atoms with Crippen molar-refractivity contribution in [1.82, 2.24) is 9.55 Å². The summed E-state index contributed by atoms with van der Waals surface area (Å²) >= 11 is 5.52. The molecule has 23 heavy (non-hydrogen) atoms. The fraction of sp³-hybridized carbons (Fsp3) is 0.444. The quantitative estimate of drug-likeness (QED) is 0.626. The van der Waals surface area contributed by atoms with Gasteiger partial charge in [0.05, 0.1) is 13.2 Å². The number of ether oxygens (including phenoxy) is 1. The predicted molar refractivity (Wildman–Crippen MR) is 93.0 cm³/mol. The molecule has 1 N–H and O–H groups in total. The summed E-state index contributed by atoms with van der Waals surface area (Å²) in [5.41, 5.74) is 3.69. The van der Waals surface area contributed by atoms with Gasteiger partial charge in [-0.15, -0.1) is 0 Å². The van der Waals surface area contributed by atoms with Gasteiger partial charge >= 0.3 is 0 Å². The van der Waals surface area contributed by atoms with Crippen LogP contribution in [0.25, 0.3) is 11.4 Å². The number of hydrogen-bond acceptors (Lipinski definition) is 4. The van der Waals surface area contributed by atoms with Crippen molar-refractivity contribution in [3.8, 4) is 11.4 Å². The summed E-state index contributed by atoms with van der Waals surface area (Å²) in [5.74, 6) is 0.957. The number of fused-ring (bicyclic) bond motifs is 1. The third kappa shape index (κ3) is 3.68. The zero-order valence-corrected chi connectivity index (χ0v) is 14.0. The maximum atomic E-state index is 8.78. The molecule has 1 heterocycles. The smallest absolute Gasteiger partial charge is 0.141 e. The van der Waals surface area contributed by atoms with E-state index in [9.17, 15) is 0 Å². The van der Waals surface area contributed by atoms with Crippen molar-refractivity contribution in [3.63, 3.8) is 0 Å². The van der Waals surface area contributed by atoms with Crippen LogP contribution >= 0.6 is 12.2 Å². The standard InChI is InChI=1S/C18H22N2O2S/c21-11-13-22-12-5-10-20-16-9-4-8-15(16)18(23)19-17(20)14-6-2-1-3-7-14/h1-3,6-7,21H,4-5,8-13H2. The van der Waals surface area contributed by atoms with E-state index in [0.29, 0.717) is 13.2 Å². The highest BCUT2D eigenvalue weighted by molar-refractivity contribution is 7.71. The van der Waals surface area contributed by atoms with Crippen LogP contribution in [0.3, 0.4) is 0 Å². The van der Waals surface area contributed by atoms with Crippen LogP contribution in [0.2, 0.25) is 0 Å². The van der Waals surface area contributed by atoms with Crippen molar-refractivity contribution in [3.05, 3.63) is 46.2 Å². The maximum Gasteiger partial charge on any atom is 0.141 e. The van der Waals surface area contributed by atoms with Gasteiger partial charge in [0, 0.05) is 30.0 Å². The van der Waals surface area contributed by atoms with Gasteiger partial charge in [0.25, 0.3) is 0 Å². The van der Waals surface area contributed by atoms with Gasteiger partial charge in [-0.2, -0.15) is 0 Å². The molecule has 0 aliphatic heterocycles. The van der Waals surface area contributed by atoms with Crippen molar-refractivity contribution in [2.75, 3.05) is 19.8 Å². The van der Waals surface area contributed by atoms with Crippen LogP contribution in [0.5, 0.6) is 0 Å². The second-order valence-electron chi connectivity index (χ2n) is 5.73. The molecule has 1 aliphatic carbocycles. The molecular formula is C18H22N2O2S. The second kappa shape index (κ2) is 7.81. The first-order valence-electron chi connectivity index (χ1n) is 8.18. The lowest BCUT2D eigenvalue weighted by Crippen LogP contribution is -2.14. The van der Waals surface area contributed by atoms with Gasteiger partial charge in [-0.25, -0.2) is 4.98 Å². The minimum Gasteiger partial charge on any atom is -0.394 e. The van der Waals surface area contributed by atoms with E-state index in [2.05, 4.69) is 16.7 Å². The van der Waals surface area contributed by atoms with Crippen LogP contribution in [-0.4, -0.2) is 34.5 Å². The van der Waals surface area contributed by atoms with E-state index < -0.39 is 0 Å². The van der Waals surface area contributed by atoms with E-state index in [0.717, 1.165) is 48.3 Å². The Morgan fingerprint density at radius 3 is 2.78 bits per heavy atom. The number of hydrogen-bond donors (Lipinski definition) is 1. The van der Waals surface area contributed by atoms with E-state index in [4.69, 9.17) is 27.0 Å². The first-order chi connectivity index (χ1) is 11.3. The van der Waals surface area contributed by atoms with Crippen LogP contribution < -0.4 is 0 Å². The number of benzene rings is 1. The Kier molecular flexibility index (Phi) is 5.54. The Balaban J connectivity index is 1.92. The van der Waals surface area contributed by atoms with Crippen molar-refractivity contribution in [1.29, 1.82) is 0 Å². The lowest BCUT2D eigenvalue weighted by molar-refractivity contribution is 0.0887. The fourth-order valence-corrected chi connectivity index (χ4v) is 3.45. The Bertz CT molecular complexity index is 713. The van der Waals surface area contributed by atoms with Gasteiger partial charge in [0.1, 0.15) is 10.5 Å². The van der Waals surface area contributed by atoms with Crippen LogP contribution in [0.1, 0.15) is 24.1 Å². The van der Waals surface area contributed by atoms with Crippen molar-refractivity contribution < 1.29 is 9.84 Å². The van der Waals surface area contributed by atoms with Crippen LogP contribution in [0, 0.1) is 4.64 Å². The van der Waals surface area contributed by atoms with Gasteiger partial charge in [-0.1, -0.05) is 42.5 Å². The summed E-state index contributed by atoms with van der Waals surface area (Å²) < 4.78 is 8.46. The molecule has 4 nitrogen and oxygen atoms in total. The highest BCUT2D eigenvalue weighted by atomic mass is 32.1.